The van der Waals surface area contributed by atoms with Gasteiger partial charge in [-0.3, -0.25) is 0 Å². The maximum Gasteiger partial charge on any atom is 0.222 e. The molecule has 0 saturated heterocycles. The summed E-state index contributed by atoms with van der Waals surface area (Å²) in [7, 11) is 0. The lowest BCUT2D eigenvalue weighted by atomic mass is 10.0. The number of nitrogen functional groups attached to an aromatic ring is 1. The molecule has 0 bridgehead atoms. The van der Waals surface area contributed by atoms with Crippen molar-refractivity contribution in [2.24, 2.45) is 0 Å². The lowest BCUT2D eigenvalue weighted by molar-refractivity contribution is 1.21. The lowest BCUT2D eigenvalue weighted by Crippen LogP contribution is -1.98. The Morgan fingerprint density at radius 2 is 1.94 bits per heavy atom. The third kappa shape index (κ3) is 1.60. The van der Waals surface area contributed by atoms with E-state index in [0.717, 1.165) is 16.8 Å². The average Bonchev–Trinajstić information content (AvgIpc) is 2.79. The highest BCUT2D eigenvalue weighted by Crippen LogP contribution is 2.26. The van der Waals surface area contributed by atoms with Crippen molar-refractivity contribution < 1.29 is 0 Å². The third-order valence-corrected chi connectivity index (χ3v) is 3.08. The maximum atomic E-state index is 5.71. The van der Waals surface area contributed by atoms with Gasteiger partial charge in [0, 0.05) is 5.56 Å². The van der Waals surface area contributed by atoms with Crippen LogP contribution in [0.25, 0.3) is 22.4 Å². The first-order valence-corrected chi connectivity index (χ1v) is 5.69. The molecule has 0 aliphatic carbocycles. The number of hydrogen-bond donors (Lipinski definition) is 2. The van der Waals surface area contributed by atoms with Crippen molar-refractivity contribution in [1.82, 2.24) is 19.9 Å². The molecule has 5 nitrogen and oxygen atoms in total. The van der Waals surface area contributed by atoms with E-state index in [0.29, 0.717) is 5.65 Å². The second kappa shape index (κ2) is 3.80. The number of hydrogen-bond acceptors (Lipinski definition) is 4. The molecule has 90 valence electrons. The van der Waals surface area contributed by atoms with Crippen LogP contribution in [0.3, 0.4) is 0 Å². The molecule has 0 amide bonds. The Balaban J connectivity index is 2.30. The molecule has 0 aliphatic rings. The van der Waals surface area contributed by atoms with E-state index in [2.05, 4.69) is 45.9 Å². The fourth-order valence-electron chi connectivity index (χ4n) is 1.95. The third-order valence-electron chi connectivity index (χ3n) is 3.08. The van der Waals surface area contributed by atoms with E-state index in [1.54, 1.807) is 6.33 Å². The number of anilines is 1. The molecule has 0 unspecified atom stereocenters. The normalized spacial score (nSPS) is 11.0. The second-order valence-electron chi connectivity index (χ2n) is 4.33. The molecule has 3 aromatic rings. The van der Waals surface area contributed by atoms with Crippen molar-refractivity contribution in [1.29, 1.82) is 0 Å². The molecule has 3 N–H and O–H groups in total. The molecule has 0 atom stereocenters. The van der Waals surface area contributed by atoms with Gasteiger partial charge in [0.1, 0.15) is 11.2 Å². The van der Waals surface area contributed by atoms with Gasteiger partial charge >= 0.3 is 0 Å². The molecule has 0 aliphatic heterocycles. The predicted octanol–water partition coefficient (Wildman–Crippen LogP) is 2.22. The number of aromatic nitrogens is 4. The molecule has 18 heavy (non-hydrogen) atoms. The first-order valence-electron chi connectivity index (χ1n) is 5.69. The fraction of sp³-hybridized carbons (Fsp3) is 0.154. The number of H-pyrrole nitrogens is 1. The summed E-state index contributed by atoms with van der Waals surface area (Å²) < 4.78 is 0. The highest BCUT2D eigenvalue weighted by Gasteiger charge is 2.10. The Bertz CT molecular complexity index is 729. The molecular weight excluding hydrogens is 226 g/mol. The van der Waals surface area contributed by atoms with Gasteiger partial charge in [0.25, 0.3) is 0 Å². The van der Waals surface area contributed by atoms with E-state index in [4.69, 9.17) is 5.73 Å². The average molecular weight is 239 g/mol. The van der Waals surface area contributed by atoms with E-state index in [9.17, 15) is 0 Å². The molecule has 5 heteroatoms. The van der Waals surface area contributed by atoms with Gasteiger partial charge in [0.2, 0.25) is 5.95 Å². The predicted molar refractivity (Wildman–Crippen MR) is 71.0 cm³/mol. The molecule has 0 radical (unpaired) electrons. The van der Waals surface area contributed by atoms with Crippen LogP contribution in [0.4, 0.5) is 5.95 Å². The zero-order valence-electron chi connectivity index (χ0n) is 10.2. The van der Waals surface area contributed by atoms with Crippen LogP contribution in [0.15, 0.2) is 24.5 Å². The Morgan fingerprint density at radius 3 is 2.72 bits per heavy atom. The van der Waals surface area contributed by atoms with Crippen LogP contribution in [-0.4, -0.2) is 19.9 Å². The summed E-state index contributed by atoms with van der Waals surface area (Å²) in [5.74, 6) is 0.239. The Kier molecular flexibility index (Phi) is 2.26. The molecule has 3 rings (SSSR count). The van der Waals surface area contributed by atoms with Crippen LogP contribution < -0.4 is 5.73 Å². The quantitative estimate of drug-likeness (QED) is 0.682. The van der Waals surface area contributed by atoms with Crippen molar-refractivity contribution in [3.63, 3.8) is 0 Å². The lowest BCUT2D eigenvalue weighted by Gasteiger charge is -2.06. The SMILES string of the molecule is Cc1ccc(-c2nc(N)nc3nc[nH]c23)cc1C. The van der Waals surface area contributed by atoms with E-state index < -0.39 is 0 Å². The number of aromatic amines is 1. The molecular formula is C13H13N5. The summed E-state index contributed by atoms with van der Waals surface area (Å²) >= 11 is 0. The summed E-state index contributed by atoms with van der Waals surface area (Å²) in [5, 5.41) is 0. The van der Waals surface area contributed by atoms with E-state index >= 15 is 0 Å². The molecule has 0 fully saturated rings. The van der Waals surface area contributed by atoms with Gasteiger partial charge in [0.05, 0.1) is 6.33 Å². The largest absolute Gasteiger partial charge is 0.368 e. The van der Waals surface area contributed by atoms with Crippen LogP contribution in [0.2, 0.25) is 0 Å². The molecule has 2 aromatic heterocycles. The number of benzene rings is 1. The molecule has 0 spiro atoms. The van der Waals surface area contributed by atoms with Crippen molar-refractivity contribution in [3.8, 4) is 11.3 Å². The first-order chi connectivity index (χ1) is 8.65. The number of aryl methyl sites for hydroxylation is 2. The van der Waals surface area contributed by atoms with Gasteiger partial charge in [0.15, 0.2) is 5.65 Å². The highest BCUT2D eigenvalue weighted by molar-refractivity contribution is 5.87. The van der Waals surface area contributed by atoms with Gasteiger partial charge in [-0.1, -0.05) is 12.1 Å². The summed E-state index contributed by atoms with van der Waals surface area (Å²) in [6.45, 7) is 4.16. The second-order valence-corrected chi connectivity index (χ2v) is 4.33. The number of nitrogens with zero attached hydrogens (tertiary/aromatic N) is 3. The van der Waals surface area contributed by atoms with Gasteiger partial charge in [-0.15, -0.1) is 0 Å². The van der Waals surface area contributed by atoms with Crippen molar-refractivity contribution in [2.45, 2.75) is 13.8 Å². The summed E-state index contributed by atoms with van der Waals surface area (Å²) in [5.41, 5.74) is 11.4. The van der Waals surface area contributed by atoms with Gasteiger partial charge in [-0.05, 0) is 31.0 Å². The minimum absolute atomic E-state index is 0.239. The standard InChI is InChI=1S/C13H13N5/c1-7-3-4-9(5-8(7)2)10-11-12(16-6-15-11)18-13(14)17-10/h3-6H,1-2H3,(H3,14,15,16,17,18). The minimum Gasteiger partial charge on any atom is -0.368 e. The molecule has 0 saturated carbocycles. The van der Waals surface area contributed by atoms with Crippen LogP contribution in [0, 0.1) is 13.8 Å². The zero-order valence-corrected chi connectivity index (χ0v) is 10.2. The summed E-state index contributed by atoms with van der Waals surface area (Å²) in [6, 6.07) is 6.20. The van der Waals surface area contributed by atoms with E-state index in [1.165, 1.54) is 11.1 Å². The maximum absolute atomic E-state index is 5.71. The van der Waals surface area contributed by atoms with Crippen molar-refractivity contribution >= 4 is 17.1 Å². The van der Waals surface area contributed by atoms with Gasteiger partial charge in [-0.2, -0.15) is 4.98 Å². The number of fused-ring (bicyclic) bond motifs is 1. The monoisotopic (exact) mass is 239 g/mol. The van der Waals surface area contributed by atoms with Crippen molar-refractivity contribution in [3.05, 3.63) is 35.7 Å². The smallest absolute Gasteiger partial charge is 0.222 e. The minimum atomic E-state index is 0.239. The summed E-state index contributed by atoms with van der Waals surface area (Å²) in [4.78, 5) is 15.6. The highest BCUT2D eigenvalue weighted by atomic mass is 15.1. The Labute approximate surface area is 104 Å². The number of rotatable bonds is 1. The zero-order chi connectivity index (χ0) is 12.7. The first kappa shape index (κ1) is 10.7. The summed E-state index contributed by atoms with van der Waals surface area (Å²) in [6.07, 6.45) is 1.60. The number of nitrogens with two attached hydrogens (primary N) is 1. The number of imidazole rings is 1. The van der Waals surface area contributed by atoms with Crippen LogP contribution >= 0.6 is 0 Å². The Hall–Kier alpha value is -2.43. The van der Waals surface area contributed by atoms with E-state index in [1.807, 2.05) is 6.07 Å². The van der Waals surface area contributed by atoms with Crippen molar-refractivity contribution in [2.75, 3.05) is 5.73 Å². The molecule has 2 heterocycles. The topological polar surface area (TPSA) is 80.5 Å². The number of nitrogens with one attached hydrogen (secondary N) is 1. The van der Waals surface area contributed by atoms with Gasteiger partial charge < -0.3 is 10.7 Å². The van der Waals surface area contributed by atoms with Crippen LogP contribution in [0.5, 0.6) is 0 Å². The molecule has 1 aromatic carbocycles. The van der Waals surface area contributed by atoms with Crippen LogP contribution in [0.1, 0.15) is 11.1 Å². The van der Waals surface area contributed by atoms with Crippen LogP contribution in [-0.2, 0) is 0 Å². The van der Waals surface area contributed by atoms with Gasteiger partial charge in [-0.25, -0.2) is 9.97 Å². The van der Waals surface area contributed by atoms with E-state index in [-0.39, 0.29) is 5.95 Å². The Morgan fingerprint density at radius 1 is 1.11 bits per heavy atom. The fourth-order valence-corrected chi connectivity index (χ4v) is 1.95.